The Labute approximate surface area is 335 Å². The zero-order valence-corrected chi connectivity index (χ0v) is 31.9. The second kappa shape index (κ2) is 13.8. The number of hydrogen-bond donors (Lipinski definition) is 0. The molecular formula is C54H36N2S. The first-order chi connectivity index (χ1) is 28.3. The molecule has 11 rings (SSSR count). The maximum absolute atomic E-state index is 2.44. The fraction of sp³-hybridized carbons (Fsp3) is 0. The van der Waals surface area contributed by atoms with E-state index in [1.165, 1.54) is 75.4 Å². The minimum atomic E-state index is 1.10. The second-order valence-corrected chi connectivity index (χ2v) is 15.6. The summed E-state index contributed by atoms with van der Waals surface area (Å²) in [4.78, 5) is 2.35. The van der Waals surface area contributed by atoms with Gasteiger partial charge in [0.2, 0.25) is 0 Å². The molecule has 0 atom stereocenters. The maximum atomic E-state index is 2.44. The number of anilines is 3. The highest BCUT2D eigenvalue weighted by Gasteiger charge is 2.19. The van der Waals surface area contributed by atoms with Gasteiger partial charge in [0, 0.05) is 53.7 Å². The molecule has 0 bridgehead atoms. The molecule has 3 heteroatoms. The standard InChI is InChI=1S/C54H36N2S/c1-4-12-37(13-5-1)39-20-27-44(28-21-39)55(45-29-22-40(23-30-45)38-14-6-2-7-15-38)46-31-24-41(25-32-46)42-26-33-49-51(36-42)56(43-16-8-3-9-17-43)50-35-34-48-47-18-10-11-19-52(47)57-54(48)53(49)50/h1-36H. The van der Waals surface area contributed by atoms with Crippen LogP contribution in [0.3, 0.4) is 0 Å². The lowest BCUT2D eigenvalue weighted by Gasteiger charge is -2.26. The van der Waals surface area contributed by atoms with E-state index in [0.29, 0.717) is 0 Å². The third-order valence-electron chi connectivity index (χ3n) is 11.2. The van der Waals surface area contributed by atoms with Crippen molar-refractivity contribution < 1.29 is 0 Å². The molecule has 2 nitrogen and oxygen atoms in total. The Bertz CT molecular complexity index is 3100. The largest absolute Gasteiger partial charge is 0.311 e. The number of fused-ring (bicyclic) bond motifs is 7. The van der Waals surface area contributed by atoms with E-state index in [1.807, 2.05) is 11.3 Å². The minimum Gasteiger partial charge on any atom is -0.311 e. The van der Waals surface area contributed by atoms with Crippen molar-refractivity contribution in [2.45, 2.75) is 0 Å². The van der Waals surface area contributed by atoms with Crippen LogP contribution in [-0.4, -0.2) is 4.57 Å². The Morgan fingerprint density at radius 3 is 1.37 bits per heavy atom. The van der Waals surface area contributed by atoms with Crippen molar-refractivity contribution in [2.24, 2.45) is 0 Å². The van der Waals surface area contributed by atoms with Crippen LogP contribution in [0.15, 0.2) is 218 Å². The van der Waals surface area contributed by atoms with Crippen molar-refractivity contribution >= 4 is 70.4 Å². The van der Waals surface area contributed by atoms with E-state index in [1.54, 1.807) is 0 Å². The zero-order valence-electron chi connectivity index (χ0n) is 31.1. The lowest BCUT2D eigenvalue weighted by atomic mass is 10.0. The monoisotopic (exact) mass is 744 g/mol. The summed E-state index contributed by atoms with van der Waals surface area (Å²) in [5, 5.41) is 5.24. The molecule has 2 aromatic heterocycles. The molecule has 57 heavy (non-hydrogen) atoms. The molecule has 0 aliphatic carbocycles. The number of aromatic nitrogens is 1. The van der Waals surface area contributed by atoms with Gasteiger partial charge in [-0.3, -0.25) is 0 Å². The van der Waals surface area contributed by atoms with Gasteiger partial charge in [-0.2, -0.15) is 0 Å². The molecule has 0 saturated carbocycles. The third-order valence-corrected chi connectivity index (χ3v) is 12.4. The summed E-state index contributed by atoms with van der Waals surface area (Å²) in [6.07, 6.45) is 0. The van der Waals surface area contributed by atoms with Crippen LogP contribution in [0.25, 0.3) is 81.0 Å². The summed E-state index contributed by atoms with van der Waals surface area (Å²) in [6.45, 7) is 0. The fourth-order valence-corrected chi connectivity index (χ4v) is 9.69. The molecule has 0 spiro atoms. The summed E-state index contributed by atoms with van der Waals surface area (Å²) < 4.78 is 5.11. The van der Waals surface area contributed by atoms with Gasteiger partial charge in [0.25, 0.3) is 0 Å². The molecular weight excluding hydrogens is 709 g/mol. The number of rotatable bonds is 7. The lowest BCUT2D eigenvalue weighted by Crippen LogP contribution is -2.09. The number of thiophene rings is 1. The number of nitrogens with zero attached hydrogens (tertiary/aromatic N) is 2. The van der Waals surface area contributed by atoms with E-state index >= 15 is 0 Å². The van der Waals surface area contributed by atoms with Crippen LogP contribution in [-0.2, 0) is 0 Å². The van der Waals surface area contributed by atoms with Crippen molar-refractivity contribution in [3.8, 4) is 39.1 Å². The molecule has 2 heterocycles. The van der Waals surface area contributed by atoms with Crippen molar-refractivity contribution in [3.05, 3.63) is 218 Å². The van der Waals surface area contributed by atoms with E-state index in [9.17, 15) is 0 Å². The van der Waals surface area contributed by atoms with Gasteiger partial charge in [0.15, 0.2) is 0 Å². The van der Waals surface area contributed by atoms with Gasteiger partial charge in [-0.05, 0) is 100 Å². The Hall–Kier alpha value is -7.20. The summed E-state index contributed by atoms with van der Waals surface area (Å²) in [5.41, 5.74) is 14.1. The molecule has 9 aromatic carbocycles. The quantitative estimate of drug-likeness (QED) is 0.158. The predicted octanol–water partition coefficient (Wildman–Crippen LogP) is 15.6. The number of hydrogen-bond acceptors (Lipinski definition) is 2. The highest BCUT2D eigenvalue weighted by molar-refractivity contribution is 7.26. The van der Waals surface area contributed by atoms with Gasteiger partial charge in [-0.1, -0.05) is 152 Å². The molecule has 0 amide bonds. The van der Waals surface area contributed by atoms with E-state index < -0.39 is 0 Å². The molecule has 0 fully saturated rings. The third kappa shape index (κ3) is 5.80. The summed E-state index contributed by atoms with van der Waals surface area (Å²) in [7, 11) is 0. The van der Waals surface area contributed by atoms with Gasteiger partial charge in [0.1, 0.15) is 0 Å². The van der Waals surface area contributed by atoms with Crippen LogP contribution in [0.4, 0.5) is 17.1 Å². The number of para-hydroxylation sites is 1. The van der Waals surface area contributed by atoms with Crippen LogP contribution in [0.5, 0.6) is 0 Å². The molecule has 11 aromatic rings. The van der Waals surface area contributed by atoms with Crippen molar-refractivity contribution in [1.29, 1.82) is 0 Å². The van der Waals surface area contributed by atoms with Crippen LogP contribution in [0, 0.1) is 0 Å². The van der Waals surface area contributed by atoms with Gasteiger partial charge in [-0.15, -0.1) is 11.3 Å². The topological polar surface area (TPSA) is 8.17 Å². The lowest BCUT2D eigenvalue weighted by molar-refractivity contribution is 1.18. The highest BCUT2D eigenvalue weighted by atomic mass is 32.1. The van der Waals surface area contributed by atoms with E-state index in [2.05, 4.69) is 228 Å². The van der Waals surface area contributed by atoms with Gasteiger partial charge < -0.3 is 9.47 Å². The average molecular weight is 745 g/mol. The molecule has 0 saturated heterocycles. The maximum Gasteiger partial charge on any atom is 0.0555 e. The Morgan fingerprint density at radius 1 is 0.333 bits per heavy atom. The number of benzene rings is 9. The average Bonchev–Trinajstić information content (AvgIpc) is 3.84. The molecule has 268 valence electrons. The van der Waals surface area contributed by atoms with Crippen LogP contribution >= 0.6 is 11.3 Å². The normalized spacial score (nSPS) is 11.5. The summed E-state index contributed by atoms with van der Waals surface area (Å²) in [6, 6.07) is 79.1. The highest BCUT2D eigenvalue weighted by Crippen LogP contribution is 2.44. The fourth-order valence-electron chi connectivity index (χ4n) is 8.44. The van der Waals surface area contributed by atoms with Gasteiger partial charge in [-0.25, -0.2) is 0 Å². The van der Waals surface area contributed by atoms with Gasteiger partial charge in [0.05, 0.1) is 11.0 Å². The van der Waals surface area contributed by atoms with Gasteiger partial charge >= 0.3 is 0 Å². The minimum absolute atomic E-state index is 1.10. The SMILES string of the molecule is c1ccc(-c2ccc(N(c3ccc(-c4ccccc4)cc3)c3ccc(-c4ccc5c6c7sc8ccccc8c7ccc6n(-c6ccccc6)c5c4)cc3)cc2)cc1. The first-order valence-corrected chi connectivity index (χ1v) is 20.2. The predicted molar refractivity (Wildman–Crippen MR) is 245 cm³/mol. The molecule has 0 aliphatic heterocycles. The first kappa shape index (κ1) is 33.2. The molecule has 0 unspecified atom stereocenters. The Kier molecular flexibility index (Phi) is 8.04. The summed E-state index contributed by atoms with van der Waals surface area (Å²) >= 11 is 1.90. The van der Waals surface area contributed by atoms with E-state index in [-0.39, 0.29) is 0 Å². The zero-order chi connectivity index (χ0) is 37.7. The first-order valence-electron chi connectivity index (χ1n) is 19.4. The van der Waals surface area contributed by atoms with Crippen molar-refractivity contribution in [2.75, 3.05) is 4.90 Å². The van der Waals surface area contributed by atoms with E-state index in [4.69, 9.17) is 0 Å². The van der Waals surface area contributed by atoms with Crippen LogP contribution < -0.4 is 4.90 Å². The smallest absolute Gasteiger partial charge is 0.0555 e. The molecule has 0 N–H and O–H groups in total. The van der Waals surface area contributed by atoms with Crippen LogP contribution in [0.1, 0.15) is 0 Å². The van der Waals surface area contributed by atoms with Crippen LogP contribution in [0.2, 0.25) is 0 Å². The summed E-state index contributed by atoms with van der Waals surface area (Å²) in [5.74, 6) is 0. The Balaban J connectivity index is 1.02. The molecule has 0 aliphatic rings. The van der Waals surface area contributed by atoms with Crippen molar-refractivity contribution in [3.63, 3.8) is 0 Å². The van der Waals surface area contributed by atoms with Crippen molar-refractivity contribution in [1.82, 2.24) is 4.57 Å². The molecule has 0 radical (unpaired) electrons. The van der Waals surface area contributed by atoms with E-state index in [0.717, 1.165) is 22.7 Å². The Morgan fingerprint density at radius 2 is 0.789 bits per heavy atom. The second-order valence-electron chi connectivity index (χ2n) is 14.5.